The number of nitrogens with one attached hydrogen (secondary N) is 2. The number of aliphatic hydroxyl groups is 2. The predicted molar refractivity (Wildman–Crippen MR) is 106 cm³/mol. The van der Waals surface area contributed by atoms with Gasteiger partial charge in [-0.2, -0.15) is 0 Å². The lowest BCUT2D eigenvalue weighted by Crippen LogP contribution is -2.63. The summed E-state index contributed by atoms with van der Waals surface area (Å²) in [4.78, 5) is 35.1. The molecule has 11 heteroatoms. The van der Waals surface area contributed by atoms with Crippen LogP contribution in [-0.4, -0.2) is 76.8 Å². The Morgan fingerprint density at radius 2 is 1.93 bits per heavy atom. The summed E-state index contributed by atoms with van der Waals surface area (Å²) in [6, 6.07) is -1.99. The topological polar surface area (TPSA) is 180 Å². The number of aliphatic carboxylic acids is 1. The van der Waals surface area contributed by atoms with Crippen molar-refractivity contribution in [3.63, 3.8) is 0 Å². The van der Waals surface area contributed by atoms with Gasteiger partial charge in [-0.05, 0) is 12.5 Å². The van der Waals surface area contributed by atoms with E-state index in [-0.39, 0.29) is 0 Å². The van der Waals surface area contributed by atoms with Crippen molar-refractivity contribution in [1.29, 1.82) is 0 Å². The summed E-state index contributed by atoms with van der Waals surface area (Å²) in [6.45, 7) is 2.89. The average Bonchev–Trinajstić information content (AvgIpc) is 2.69. The molecule has 0 saturated carbocycles. The van der Waals surface area contributed by atoms with Gasteiger partial charge in [-0.3, -0.25) is 4.79 Å². The highest BCUT2D eigenvalue weighted by Crippen LogP contribution is 2.24. The molecule has 0 bridgehead atoms. The number of hydrogen-bond donors (Lipinski definition) is 6. The minimum absolute atomic E-state index is 0.352. The number of carboxylic acid groups (broad SMARTS) is 1. The molecular formula is C19H33N3O8. The zero-order valence-electron chi connectivity index (χ0n) is 17.4. The van der Waals surface area contributed by atoms with E-state index in [0.717, 1.165) is 38.2 Å². The van der Waals surface area contributed by atoms with E-state index < -0.39 is 60.7 Å². The second kappa shape index (κ2) is 13.0. The summed E-state index contributed by atoms with van der Waals surface area (Å²) in [5.74, 6) is -2.40. The number of aliphatic hydroxyl groups excluding tert-OH is 2. The van der Waals surface area contributed by atoms with Crippen molar-refractivity contribution in [2.75, 3.05) is 13.2 Å². The molecule has 1 aliphatic rings. The molecular weight excluding hydrogens is 398 g/mol. The molecule has 0 radical (unpaired) electrons. The van der Waals surface area contributed by atoms with Crippen LogP contribution < -0.4 is 16.4 Å². The van der Waals surface area contributed by atoms with Gasteiger partial charge in [0.15, 0.2) is 12.2 Å². The number of ether oxygens (including phenoxy) is 2. The van der Waals surface area contributed by atoms with Crippen LogP contribution in [-0.2, 0) is 19.1 Å². The van der Waals surface area contributed by atoms with Crippen LogP contribution in [0.5, 0.6) is 0 Å². The zero-order valence-corrected chi connectivity index (χ0v) is 17.4. The first-order valence-corrected chi connectivity index (χ1v) is 10.1. The lowest BCUT2D eigenvalue weighted by molar-refractivity contribution is -0.146. The molecule has 0 unspecified atom stereocenters. The largest absolute Gasteiger partial charge is 0.477 e. The van der Waals surface area contributed by atoms with Gasteiger partial charge >= 0.3 is 12.1 Å². The summed E-state index contributed by atoms with van der Waals surface area (Å²) in [5.41, 5.74) is 5.96. The normalized spacial score (nSPS) is 22.8. The van der Waals surface area contributed by atoms with Gasteiger partial charge in [0.25, 0.3) is 0 Å². The summed E-state index contributed by atoms with van der Waals surface area (Å²) in [5, 5.41) is 33.9. The molecule has 0 aromatic carbocycles. The van der Waals surface area contributed by atoms with Crippen molar-refractivity contribution in [1.82, 2.24) is 10.6 Å². The van der Waals surface area contributed by atoms with E-state index in [0.29, 0.717) is 6.54 Å². The fourth-order valence-corrected chi connectivity index (χ4v) is 3.12. The van der Waals surface area contributed by atoms with Crippen molar-refractivity contribution >= 4 is 18.0 Å². The van der Waals surface area contributed by atoms with E-state index in [9.17, 15) is 29.7 Å². The molecule has 0 saturated heterocycles. The number of unbranched alkanes of at least 4 members (excludes halogenated alkanes) is 4. The van der Waals surface area contributed by atoms with Crippen LogP contribution in [0.4, 0.5) is 4.79 Å². The van der Waals surface area contributed by atoms with Gasteiger partial charge in [0, 0.05) is 13.5 Å². The Morgan fingerprint density at radius 1 is 1.27 bits per heavy atom. The molecule has 11 nitrogen and oxygen atoms in total. The van der Waals surface area contributed by atoms with Crippen molar-refractivity contribution in [3.8, 4) is 0 Å². The minimum Gasteiger partial charge on any atom is -0.477 e. The summed E-state index contributed by atoms with van der Waals surface area (Å²) < 4.78 is 10.6. The summed E-state index contributed by atoms with van der Waals surface area (Å²) >= 11 is 0. The number of alkyl carbamates (subject to hydrolysis) is 1. The lowest BCUT2D eigenvalue weighted by atomic mass is 9.92. The number of rotatable bonds is 12. The first-order chi connectivity index (χ1) is 14.2. The van der Waals surface area contributed by atoms with Gasteiger partial charge in [-0.15, -0.1) is 0 Å². The fraction of sp³-hybridized carbons (Fsp3) is 0.737. The Kier molecular flexibility index (Phi) is 11.2. The lowest BCUT2D eigenvalue weighted by Gasteiger charge is -2.39. The van der Waals surface area contributed by atoms with E-state index in [1.165, 1.54) is 6.92 Å². The molecule has 1 heterocycles. The van der Waals surface area contributed by atoms with E-state index in [1.54, 1.807) is 0 Å². The Balaban J connectivity index is 2.89. The first kappa shape index (κ1) is 25.7. The van der Waals surface area contributed by atoms with Crippen LogP contribution in [0, 0.1) is 0 Å². The molecule has 172 valence electrons. The van der Waals surface area contributed by atoms with Gasteiger partial charge in [0.05, 0.1) is 18.7 Å². The highest BCUT2D eigenvalue weighted by molar-refractivity contribution is 5.84. The Bertz CT molecular complexity index is 613. The standard InChI is InChI=1S/C19H33N3O8/c1-3-4-5-6-7-8-21-19(28)30-16(13(25)10-23)17-15(22-11(2)24)12(20)9-14(29-17)18(26)27/h9,12-13,15-17,23,25H,3-8,10,20H2,1-2H3,(H,21,28)(H,22,24)(H,26,27)/t12-,13+,15+,16+,17+/m0/s1. The first-order valence-electron chi connectivity index (χ1n) is 10.1. The molecule has 1 rings (SSSR count). The zero-order chi connectivity index (χ0) is 22.7. The van der Waals surface area contributed by atoms with Gasteiger partial charge in [0.1, 0.15) is 6.10 Å². The van der Waals surface area contributed by atoms with Crippen LogP contribution >= 0.6 is 0 Å². The Labute approximate surface area is 175 Å². The number of nitrogens with two attached hydrogens (primary N) is 1. The van der Waals surface area contributed by atoms with Crippen molar-refractivity contribution in [2.45, 2.75) is 76.3 Å². The number of carbonyl (C=O) groups excluding carboxylic acids is 2. The molecule has 5 atom stereocenters. The second-order valence-corrected chi connectivity index (χ2v) is 7.18. The fourth-order valence-electron chi connectivity index (χ4n) is 3.12. The van der Waals surface area contributed by atoms with E-state index in [2.05, 4.69) is 17.6 Å². The maximum Gasteiger partial charge on any atom is 0.407 e. The third-order valence-electron chi connectivity index (χ3n) is 4.64. The predicted octanol–water partition coefficient (Wildman–Crippen LogP) is -0.396. The number of carboxylic acids is 1. The average molecular weight is 431 g/mol. The van der Waals surface area contributed by atoms with Crippen LogP contribution in [0.25, 0.3) is 0 Å². The number of hydrogen-bond acceptors (Lipinski definition) is 8. The molecule has 7 N–H and O–H groups in total. The van der Waals surface area contributed by atoms with E-state index in [4.69, 9.17) is 15.2 Å². The molecule has 1 aliphatic heterocycles. The maximum absolute atomic E-state index is 12.2. The summed E-state index contributed by atoms with van der Waals surface area (Å²) in [7, 11) is 0. The SMILES string of the molecule is CCCCCCCNC(=O)O[C@@H]([C@@H]1OC(C(=O)O)=C[C@H](N)[C@H]1NC(C)=O)[C@H](O)CO. The minimum atomic E-state index is -1.60. The van der Waals surface area contributed by atoms with Crippen molar-refractivity contribution in [3.05, 3.63) is 11.8 Å². The van der Waals surface area contributed by atoms with Gasteiger partial charge in [-0.25, -0.2) is 9.59 Å². The Morgan fingerprint density at radius 3 is 2.50 bits per heavy atom. The highest BCUT2D eigenvalue weighted by atomic mass is 16.6. The van der Waals surface area contributed by atoms with Crippen LogP contribution in [0.3, 0.4) is 0 Å². The van der Waals surface area contributed by atoms with Crippen LogP contribution in [0.1, 0.15) is 46.0 Å². The monoisotopic (exact) mass is 431 g/mol. The van der Waals surface area contributed by atoms with E-state index in [1.807, 2.05) is 0 Å². The van der Waals surface area contributed by atoms with Gasteiger partial charge in [0.2, 0.25) is 11.7 Å². The highest BCUT2D eigenvalue weighted by Gasteiger charge is 2.45. The van der Waals surface area contributed by atoms with Crippen LogP contribution in [0.15, 0.2) is 11.8 Å². The third kappa shape index (κ3) is 8.17. The maximum atomic E-state index is 12.2. The molecule has 0 spiro atoms. The molecule has 0 aromatic rings. The molecule has 30 heavy (non-hydrogen) atoms. The Hall–Kier alpha value is -2.37. The van der Waals surface area contributed by atoms with Crippen molar-refractivity contribution in [2.24, 2.45) is 5.73 Å². The van der Waals surface area contributed by atoms with E-state index >= 15 is 0 Å². The smallest absolute Gasteiger partial charge is 0.407 e. The number of amides is 2. The molecule has 2 amide bonds. The quantitative estimate of drug-likeness (QED) is 0.224. The van der Waals surface area contributed by atoms with Crippen LogP contribution in [0.2, 0.25) is 0 Å². The second-order valence-electron chi connectivity index (χ2n) is 7.18. The molecule has 0 fully saturated rings. The van der Waals surface area contributed by atoms with Gasteiger partial charge < -0.3 is 41.2 Å². The molecule has 0 aliphatic carbocycles. The number of carbonyl (C=O) groups is 3. The molecule has 0 aromatic heterocycles. The van der Waals surface area contributed by atoms with Gasteiger partial charge in [-0.1, -0.05) is 32.6 Å². The summed E-state index contributed by atoms with van der Waals surface area (Å²) in [6.07, 6.45) is 0.768. The third-order valence-corrected chi connectivity index (χ3v) is 4.64. The van der Waals surface area contributed by atoms with Crippen molar-refractivity contribution < 1.29 is 39.2 Å².